The van der Waals surface area contributed by atoms with Crippen molar-refractivity contribution in [2.24, 2.45) is 5.73 Å². The Kier molecular flexibility index (Phi) is 4.73. The van der Waals surface area contributed by atoms with Crippen molar-refractivity contribution in [2.45, 2.75) is 32.7 Å². The number of rotatable bonds is 5. The molecule has 1 rings (SSSR count). The van der Waals surface area contributed by atoms with E-state index in [0.717, 1.165) is 12.0 Å². The molecule has 0 saturated heterocycles. The minimum atomic E-state index is -0.366. The van der Waals surface area contributed by atoms with E-state index in [2.05, 4.69) is 5.32 Å². The molecular weight excluding hydrogens is 228 g/mol. The summed E-state index contributed by atoms with van der Waals surface area (Å²) in [7, 11) is 1.60. The Balaban J connectivity index is 2.91. The van der Waals surface area contributed by atoms with Crippen LogP contribution < -0.4 is 15.8 Å². The quantitative estimate of drug-likeness (QED) is 0.838. The molecule has 0 heterocycles. The SMILES string of the molecule is CCC(C)(CN)NC(=O)c1ccc(C)c(OC)c1. The lowest BCUT2D eigenvalue weighted by Crippen LogP contribution is -2.50. The van der Waals surface area contributed by atoms with Crippen molar-refractivity contribution in [3.8, 4) is 5.75 Å². The molecule has 100 valence electrons. The lowest BCUT2D eigenvalue weighted by molar-refractivity contribution is 0.0906. The van der Waals surface area contributed by atoms with Crippen molar-refractivity contribution < 1.29 is 9.53 Å². The van der Waals surface area contributed by atoms with Crippen molar-refractivity contribution >= 4 is 5.91 Å². The Morgan fingerprint density at radius 3 is 2.67 bits per heavy atom. The molecule has 0 aliphatic heterocycles. The Labute approximate surface area is 109 Å². The van der Waals surface area contributed by atoms with E-state index < -0.39 is 0 Å². The van der Waals surface area contributed by atoms with Gasteiger partial charge in [-0.05, 0) is 38.0 Å². The van der Waals surface area contributed by atoms with Gasteiger partial charge < -0.3 is 15.8 Å². The molecule has 3 N–H and O–H groups in total. The Bertz CT molecular complexity index is 426. The molecule has 1 amide bonds. The summed E-state index contributed by atoms with van der Waals surface area (Å²) in [6, 6.07) is 5.41. The highest BCUT2D eigenvalue weighted by atomic mass is 16.5. The monoisotopic (exact) mass is 250 g/mol. The van der Waals surface area contributed by atoms with Gasteiger partial charge in [0.05, 0.1) is 7.11 Å². The molecule has 0 aliphatic carbocycles. The van der Waals surface area contributed by atoms with Crippen LogP contribution in [-0.2, 0) is 0 Å². The number of methoxy groups -OCH3 is 1. The third-order valence-electron chi connectivity index (χ3n) is 3.32. The molecule has 0 radical (unpaired) electrons. The van der Waals surface area contributed by atoms with Crippen molar-refractivity contribution in [3.05, 3.63) is 29.3 Å². The Morgan fingerprint density at radius 2 is 2.17 bits per heavy atom. The molecule has 0 spiro atoms. The lowest BCUT2D eigenvalue weighted by Gasteiger charge is -2.28. The van der Waals surface area contributed by atoms with Crippen LogP contribution in [0.25, 0.3) is 0 Å². The molecule has 1 aromatic rings. The third-order valence-corrected chi connectivity index (χ3v) is 3.32. The summed E-state index contributed by atoms with van der Waals surface area (Å²) >= 11 is 0. The number of carbonyl (C=O) groups excluding carboxylic acids is 1. The van der Waals surface area contributed by atoms with E-state index in [1.165, 1.54) is 0 Å². The maximum Gasteiger partial charge on any atom is 0.251 e. The second-order valence-electron chi connectivity index (χ2n) is 4.76. The average Bonchev–Trinajstić information content (AvgIpc) is 2.39. The zero-order chi connectivity index (χ0) is 13.8. The number of benzene rings is 1. The van der Waals surface area contributed by atoms with Gasteiger partial charge in [0.1, 0.15) is 5.75 Å². The van der Waals surface area contributed by atoms with Gasteiger partial charge in [-0.3, -0.25) is 4.79 Å². The van der Waals surface area contributed by atoms with Gasteiger partial charge in [0.2, 0.25) is 0 Å². The minimum Gasteiger partial charge on any atom is -0.496 e. The molecule has 0 saturated carbocycles. The number of aryl methyl sites for hydroxylation is 1. The zero-order valence-electron chi connectivity index (χ0n) is 11.5. The number of carbonyl (C=O) groups is 1. The number of nitrogens with two attached hydrogens (primary N) is 1. The highest BCUT2D eigenvalue weighted by molar-refractivity contribution is 5.95. The molecule has 0 fully saturated rings. The van der Waals surface area contributed by atoms with Gasteiger partial charge in [-0.2, -0.15) is 0 Å². The van der Waals surface area contributed by atoms with Crippen molar-refractivity contribution in [1.82, 2.24) is 5.32 Å². The van der Waals surface area contributed by atoms with Crippen LogP contribution in [0.3, 0.4) is 0 Å². The van der Waals surface area contributed by atoms with Gasteiger partial charge in [0.15, 0.2) is 0 Å². The first kappa shape index (κ1) is 14.5. The van der Waals surface area contributed by atoms with Crippen LogP contribution in [-0.4, -0.2) is 25.1 Å². The lowest BCUT2D eigenvalue weighted by atomic mass is 9.98. The van der Waals surface area contributed by atoms with Gasteiger partial charge in [0.25, 0.3) is 5.91 Å². The topological polar surface area (TPSA) is 64.3 Å². The smallest absolute Gasteiger partial charge is 0.251 e. The summed E-state index contributed by atoms with van der Waals surface area (Å²) < 4.78 is 5.21. The molecule has 1 aromatic carbocycles. The van der Waals surface area contributed by atoms with Gasteiger partial charge in [0, 0.05) is 17.6 Å². The highest BCUT2D eigenvalue weighted by Gasteiger charge is 2.23. The van der Waals surface area contributed by atoms with E-state index in [-0.39, 0.29) is 11.4 Å². The number of ether oxygens (including phenoxy) is 1. The first-order valence-electron chi connectivity index (χ1n) is 6.13. The Morgan fingerprint density at radius 1 is 1.50 bits per heavy atom. The number of hydrogen-bond donors (Lipinski definition) is 2. The minimum absolute atomic E-state index is 0.122. The molecule has 0 bridgehead atoms. The van der Waals surface area contributed by atoms with Crippen molar-refractivity contribution in [2.75, 3.05) is 13.7 Å². The van der Waals surface area contributed by atoms with Crippen LogP contribution in [0.2, 0.25) is 0 Å². The molecule has 1 unspecified atom stereocenters. The summed E-state index contributed by atoms with van der Waals surface area (Å²) in [5.41, 5.74) is 6.91. The van der Waals surface area contributed by atoms with Crippen molar-refractivity contribution in [1.29, 1.82) is 0 Å². The maximum atomic E-state index is 12.1. The fraction of sp³-hybridized carbons (Fsp3) is 0.500. The fourth-order valence-corrected chi connectivity index (χ4v) is 1.59. The summed E-state index contributed by atoms with van der Waals surface area (Å²) in [6.07, 6.45) is 0.790. The maximum absolute atomic E-state index is 12.1. The van der Waals surface area contributed by atoms with Crippen LogP contribution in [0.15, 0.2) is 18.2 Å². The van der Waals surface area contributed by atoms with E-state index in [9.17, 15) is 4.79 Å². The van der Waals surface area contributed by atoms with Crippen LogP contribution in [0.5, 0.6) is 5.75 Å². The zero-order valence-corrected chi connectivity index (χ0v) is 11.5. The summed E-state index contributed by atoms with van der Waals surface area (Å²) in [6.45, 7) is 6.30. The molecule has 4 heteroatoms. The number of nitrogens with one attached hydrogen (secondary N) is 1. The fourth-order valence-electron chi connectivity index (χ4n) is 1.59. The highest BCUT2D eigenvalue weighted by Crippen LogP contribution is 2.19. The van der Waals surface area contributed by atoms with E-state index in [1.54, 1.807) is 19.2 Å². The standard InChI is InChI=1S/C14H22N2O2/c1-5-14(3,9-15)16-13(17)11-7-6-10(2)12(8-11)18-4/h6-8H,5,9,15H2,1-4H3,(H,16,17). The normalized spacial score (nSPS) is 13.8. The number of amides is 1. The summed E-state index contributed by atoms with van der Waals surface area (Å²) in [5, 5.41) is 2.96. The van der Waals surface area contributed by atoms with Crippen molar-refractivity contribution in [3.63, 3.8) is 0 Å². The van der Waals surface area contributed by atoms with Crippen LogP contribution >= 0.6 is 0 Å². The second-order valence-corrected chi connectivity index (χ2v) is 4.76. The van der Waals surface area contributed by atoms with E-state index >= 15 is 0 Å². The van der Waals surface area contributed by atoms with Gasteiger partial charge in [-0.1, -0.05) is 13.0 Å². The molecule has 18 heavy (non-hydrogen) atoms. The molecule has 1 atom stereocenters. The first-order valence-corrected chi connectivity index (χ1v) is 6.13. The van der Waals surface area contributed by atoms with E-state index in [4.69, 9.17) is 10.5 Å². The molecule has 0 aromatic heterocycles. The molecule has 0 aliphatic rings. The largest absolute Gasteiger partial charge is 0.496 e. The Hall–Kier alpha value is -1.55. The van der Waals surface area contributed by atoms with Gasteiger partial charge in [-0.15, -0.1) is 0 Å². The second kappa shape index (κ2) is 5.87. The van der Waals surface area contributed by atoms with Gasteiger partial charge >= 0.3 is 0 Å². The predicted molar refractivity (Wildman–Crippen MR) is 72.9 cm³/mol. The van der Waals surface area contributed by atoms with Crippen LogP contribution in [0.4, 0.5) is 0 Å². The third kappa shape index (κ3) is 3.23. The van der Waals surface area contributed by atoms with Gasteiger partial charge in [-0.25, -0.2) is 0 Å². The number of hydrogen-bond acceptors (Lipinski definition) is 3. The van der Waals surface area contributed by atoms with Crippen LogP contribution in [0, 0.1) is 6.92 Å². The van der Waals surface area contributed by atoms with E-state index in [1.807, 2.05) is 26.8 Å². The first-order chi connectivity index (χ1) is 8.45. The summed E-state index contributed by atoms with van der Waals surface area (Å²) in [4.78, 5) is 12.1. The molecule has 4 nitrogen and oxygen atoms in total. The average molecular weight is 250 g/mol. The molecular formula is C14H22N2O2. The van der Waals surface area contributed by atoms with Crippen LogP contribution in [0.1, 0.15) is 36.2 Å². The predicted octanol–water partition coefficient (Wildman–Crippen LogP) is 1.86. The van der Waals surface area contributed by atoms with E-state index in [0.29, 0.717) is 17.9 Å². The summed E-state index contributed by atoms with van der Waals surface area (Å²) in [5.74, 6) is 0.594.